The standard InChI is InChI=1S/C15H23N3O3/c1-10-11(2)17-18-13(12(10)14(20)21)16-8-15(9-19)6-4-3-5-7-15/h19H,3-9H2,1-2H3,(H,16,18)(H,20,21). The Kier molecular flexibility index (Phi) is 4.77. The van der Waals surface area contributed by atoms with Crippen molar-refractivity contribution in [3.8, 4) is 0 Å². The molecular formula is C15H23N3O3. The van der Waals surface area contributed by atoms with Gasteiger partial charge in [0.25, 0.3) is 0 Å². The van der Waals surface area contributed by atoms with Crippen LogP contribution in [0.3, 0.4) is 0 Å². The van der Waals surface area contributed by atoms with E-state index >= 15 is 0 Å². The van der Waals surface area contributed by atoms with Gasteiger partial charge in [-0.3, -0.25) is 0 Å². The van der Waals surface area contributed by atoms with Gasteiger partial charge < -0.3 is 15.5 Å². The first-order valence-electron chi connectivity index (χ1n) is 7.41. The van der Waals surface area contributed by atoms with E-state index in [-0.39, 0.29) is 17.6 Å². The number of nitrogens with one attached hydrogen (secondary N) is 1. The second-order valence-corrected chi connectivity index (χ2v) is 6.01. The molecule has 1 aliphatic rings. The first-order valence-corrected chi connectivity index (χ1v) is 7.41. The lowest BCUT2D eigenvalue weighted by Crippen LogP contribution is -2.36. The quantitative estimate of drug-likeness (QED) is 0.770. The summed E-state index contributed by atoms with van der Waals surface area (Å²) in [5.74, 6) is -0.710. The van der Waals surface area contributed by atoms with Gasteiger partial charge in [-0.05, 0) is 32.3 Å². The van der Waals surface area contributed by atoms with Crippen molar-refractivity contribution in [2.45, 2.75) is 46.0 Å². The van der Waals surface area contributed by atoms with Gasteiger partial charge in [0.1, 0.15) is 5.56 Å². The minimum Gasteiger partial charge on any atom is -0.478 e. The molecule has 1 aromatic heterocycles. The first-order chi connectivity index (χ1) is 9.99. The van der Waals surface area contributed by atoms with Crippen LogP contribution < -0.4 is 5.32 Å². The van der Waals surface area contributed by atoms with Gasteiger partial charge in [-0.2, -0.15) is 5.10 Å². The lowest BCUT2D eigenvalue weighted by Gasteiger charge is -2.35. The average molecular weight is 293 g/mol. The number of aliphatic hydroxyl groups excluding tert-OH is 1. The monoisotopic (exact) mass is 293 g/mol. The molecule has 0 saturated heterocycles. The molecule has 0 aliphatic heterocycles. The highest BCUT2D eigenvalue weighted by atomic mass is 16.4. The van der Waals surface area contributed by atoms with Crippen LogP contribution in [0, 0.1) is 19.3 Å². The van der Waals surface area contributed by atoms with Crippen LogP contribution in [0.25, 0.3) is 0 Å². The Labute approximate surface area is 124 Å². The largest absolute Gasteiger partial charge is 0.478 e. The van der Waals surface area contributed by atoms with Crippen LogP contribution in [0.5, 0.6) is 0 Å². The third-order valence-corrected chi connectivity index (χ3v) is 4.55. The topological polar surface area (TPSA) is 95.3 Å². The summed E-state index contributed by atoms with van der Waals surface area (Å²) in [6.45, 7) is 4.12. The Balaban J connectivity index is 2.19. The summed E-state index contributed by atoms with van der Waals surface area (Å²) in [6.07, 6.45) is 5.32. The van der Waals surface area contributed by atoms with E-state index in [1.807, 2.05) is 0 Å². The summed E-state index contributed by atoms with van der Waals surface area (Å²) in [6, 6.07) is 0. The number of anilines is 1. The van der Waals surface area contributed by atoms with Crippen LogP contribution in [0.15, 0.2) is 0 Å². The molecule has 1 aromatic rings. The van der Waals surface area contributed by atoms with E-state index in [4.69, 9.17) is 0 Å². The first kappa shape index (κ1) is 15.7. The number of hydrogen-bond acceptors (Lipinski definition) is 5. The number of aliphatic hydroxyl groups is 1. The van der Waals surface area contributed by atoms with Gasteiger partial charge in [0.05, 0.1) is 12.3 Å². The smallest absolute Gasteiger partial charge is 0.339 e. The molecule has 0 bridgehead atoms. The van der Waals surface area contributed by atoms with Crippen molar-refractivity contribution in [2.75, 3.05) is 18.5 Å². The predicted molar refractivity (Wildman–Crippen MR) is 79.6 cm³/mol. The van der Waals surface area contributed by atoms with E-state index in [0.717, 1.165) is 25.7 Å². The minimum atomic E-state index is -1.00. The summed E-state index contributed by atoms with van der Waals surface area (Å²) < 4.78 is 0. The molecule has 1 fully saturated rings. The molecule has 1 saturated carbocycles. The molecular weight excluding hydrogens is 270 g/mol. The van der Waals surface area contributed by atoms with Gasteiger partial charge in [-0.1, -0.05) is 19.3 Å². The van der Waals surface area contributed by atoms with Crippen molar-refractivity contribution < 1.29 is 15.0 Å². The van der Waals surface area contributed by atoms with Crippen molar-refractivity contribution in [2.24, 2.45) is 5.41 Å². The summed E-state index contributed by atoms with van der Waals surface area (Å²) in [5, 5.41) is 30.2. The van der Waals surface area contributed by atoms with Crippen LogP contribution >= 0.6 is 0 Å². The van der Waals surface area contributed by atoms with Crippen LogP contribution in [-0.4, -0.2) is 39.5 Å². The van der Waals surface area contributed by atoms with Crippen LogP contribution in [0.1, 0.15) is 53.7 Å². The second-order valence-electron chi connectivity index (χ2n) is 6.01. The van der Waals surface area contributed by atoms with Gasteiger partial charge in [0, 0.05) is 12.0 Å². The van der Waals surface area contributed by atoms with Gasteiger partial charge >= 0.3 is 5.97 Å². The van der Waals surface area contributed by atoms with Crippen molar-refractivity contribution >= 4 is 11.8 Å². The predicted octanol–water partition coefficient (Wildman–Crippen LogP) is 2.15. The molecule has 6 nitrogen and oxygen atoms in total. The number of aryl methyl sites for hydroxylation is 1. The fourth-order valence-electron chi connectivity index (χ4n) is 2.96. The van der Waals surface area contributed by atoms with E-state index in [0.29, 0.717) is 23.6 Å². The Bertz CT molecular complexity index is 525. The Hall–Kier alpha value is -1.69. The van der Waals surface area contributed by atoms with E-state index < -0.39 is 5.97 Å². The zero-order chi connectivity index (χ0) is 15.5. The van der Waals surface area contributed by atoms with Gasteiger partial charge in [-0.25, -0.2) is 4.79 Å². The van der Waals surface area contributed by atoms with Crippen LogP contribution in [0.2, 0.25) is 0 Å². The van der Waals surface area contributed by atoms with Crippen molar-refractivity contribution in [3.05, 3.63) is 16.8 Å². The zero-order valence-corrected chi connectivity index (χ0v) is 12.6. The molecule has 6 heteroatoms. The number of carboxylic acids is 1. The normalized spacial score (nSPS) is 17.5. The fourth-order valence-corrected chi connectivity index (χ4v) is 2.96. The second kappa shape index (κ2) is 6.39. The van der Waals surface area contributed by atoms with Crippen molar-refractivity contribution in [3.63, 3.8) is 0 Å². The zero-order valence-electron chi connectivity index (χ0n) is 12.6. The summed E-state index contributed by atoms with van der Waals surface area (Å²) in [7, 11) is 0. The third kappa shape index (κ3) is 3.32. The lowest BCUT2D eigenvalue weighted by atomic mass is 9.74. The number of nitrogens with zero attached hydrogens (tertiary/aromatic N) is 2. The SMILES string of the molecule is Cc1nnc(NCC2(CO)CCCCC2)c(C(=O)O)c1C. The minimum absolute atomic E-state index is 0.112. The number of rotatable bonds is 5. The molecule has 1 aliphatic carbocycles. The number of carbonyl (C=O) groups is 1. The van der Waals surface area contributed by atoms with E-state index in [2.05, 4.69) is 15.5 Å². The highest BCUT2D eigenvalue weighted by Gasteiger charge is 2.32. The Morgan fingerprint density at radius 3 is 2.48 bits per heavy atom. The summed E-state index contributed by atoms with van der Waals surface area (Å²) in [5.41, 5.74) is 1.25. The molecule has 0 aromatic carbocycles. The molecule has 0 amide bonds. The summed E-state index contributed by atoms with van der Waals surface area (Å²) >= 11 is 0. The molecule has 2 rings (SSSR count). The highest BCUT2D eigenvalue weighted by Crippen LogP contribution is 2.36. The number of aromatic nitrogens is 2. The summed E-state index contributed by atoms with van der Waals surface area (Å²) in [4.78, 5) is 11.4. The van der Waals surface area contributed by atoms with Crippen molar-refractivity contribution in [1.29, 1.82) is 0 Å². The van der Waals surface area contributed by atoms with E-state index in [1.165, 1.54) is 6.42 Å². The maximum atomic E-state index is 11.4. The molecule has 1 heterocycles. The average Bonchev–Trinajstić information content (AvgIpc) is 2.49. The number of carboxylic acid groups (broad SMARTS) is 1. The fraction of sp³-hybridized carbons (Fsp3) is 0.667. The van der Waals surface area contributed by atoms with Crippen LogP contribution in [-0.2, 0) is 0 Å². The highest BCUT2D eigenvalue weighted by molar-refractivity contribution is 5.94. The van der Waals surface area contributed by atoms with Gasteiger partial charge in [0.2, 0.25) is 0 Å². The van der Waals surface area contributed by atoms with E-state index in [1.54, 1.807) is 13.8 Å². The van der Waals surface area contributed by atoms with Crippen molar-refractivity contribution in [1.82, 2.24) is 10.2 Å². The molecule has 3 N–H and O–H groups in total. The van der Waals surface area contributed by atoms with Crippen LogP contribution in [0.4, 0.5) is 5.82 Å². The maximum absolute atomic E-state index is 11.4. The van der Waals surface area contributed by atoms with E-state index in [9.17, 15) is 15.0 Å². The maximum Gasteiger partial charge on any atom is 0.339 e. The Morgan fingerprint density at radius 2 is 1.90 bits per heavy atom. The number of hydrogen-bond donors (Lipinski definition) is 3. The van der Waals surface area contributed by atoms with Gasteiger partial charge in [0.15, 0.2) is 5.82 Å². The molecule has 0 atom stereocenters. The lowest BCUT2D eigenvalue weighted by molar-refractivity contribution is 0.0696. The molecule has 0 radical (unpaired) electrons. The molecule has 0 spiro atoms. The third-order valence-electron chi connectivity index (χ3n) is 4.55. The molecule has 21 heavy (non-hydrogen) atoms. The van der Waals surface area contributed by atoms with Gasteiger partial charge in [-0.15, -0.1) is 5.10 Å². The molecule has 0 unspecified atom stereocenters. The molecule has 116 valence electrons. The number of aromatic carboxylic acids is 1. The Morgan fingerprint density at radius 1 is 1.24 bits per heavy atom.